The molecule has 0 amide bonds. The molecule has 0 aliphatic heterocycles. The number of halogens is 1. The van der Waals surface area contributed by atoms with Crippen LogP contribution in [0.2, 0.25) is 5.02 Å². The molecule has 0 unspecified atom stereocenters. The average Bonchev–Trinajstić information content (AvgIpc) is 2.18. The fourth-order valence-corrected chi connectivity index (χ4v) is 1.52. The van der Waals surface area contributed by atoms with Gasteiger partial charge in [0.15, 0.2) is 0 Å². The number of aliphatic carboxylic acids is 1. The van der Waals surface area contributed by atoms with Crippen LogP contribution in [0.25, 0.3) is 0 Å². The highest BCUT2D eigenvalue weighted by molar-refractivity contribution is 6.30. The van der Waals surface area contributed by atoms with Crippen molar-refractivity contribution in [3.05, 3.63) is 28.8 Å². The summed E-state index contributed by atoms with van der Waals surface area (Å²) in [4.78, 5) is 10.9. The molecule has 0 aromatic heterocycles. The van der Waals surface area contributed by atoms with Crippen LogP contribution in [0.5, 0.6) is 5.75 Å². The summed E-state index contributed by atoms with van der Waals surface area (Å²) >= 11 is 5.79. The summed E-state index contributed by atoms with van der Waals surface area (Å²) in [5.74, 6) is -1.30. The van der Waals surface area contributed by atoms with E-state index in [0.717, 1.165) is 0 Å². The molecule has 3 N–H and O–H groups in total. The van der Waals surface area contributed by atoms with Crippen LogP contribution < -0.4 is 10.5 Å². The van der Waals surface area contributed by atoms with E-state index in [4.69, 9.17) is 27.2 Å². The summed E-state index contributed by atoms with van der Waals surface area (Å²) in [6.07, 6.45) is 0. The molecule has 0 heterocycles. The van der Waals surface area contributed by atoms with E-state index in [-0.39, 0.29) is 6.54 Å². The topological polar surface area (TPSA) is 72.5 Å². The normalized spacial score (nSPS) is 12.2. The van der Waals surface area contributed by atoms with Crippen molar-refractivity contribution in [3.63, 3.8) is 0 Å². The molecule has 0 saturated carbocycles. The molecule has 0 spiro atoms. The molecule has 0 bridgehead atoms. The van der Waals surface area contributed by atoms with E-state index in [0.29, 0.717) is 16.3 Å². The molecule has 0 aliphatic carbocycles. The van der Waals surface area contributed by atoms with Gasteiger partial charge in [0.1, 0.15) is 5.75 Å². The zero-order valence-electron chi connectivity index (χ0n) is 8.24. The van der Waals surface area contributed by atoms with Crippen molar-refractivity contribution in [2.75, 3.05) is 13.7 Å². The van der Waals surface area contributed by atoms with Gasteiger partial charge in [0.05, 0.1) is 13.0 Å². The maximum atomic E-state index is 10.9. The zero-order valence-corrected chi connectivity index (χ0v) is 8.99. The van der Waals surface area contributed by atoms with Gasteiger partial charge in [0.25, 0.3) is 0 Å². The summed E-state index contributed by atoms with van der Waals surface area (Å²) in [5, 5.41) is 9.42. The van der Waals surface area contributed by atoms with Crippen molar-refractivity contribution in [2.45, 2.75) is 5.92 Å². The molecule has 82 valence electrons. The van der Waals surface area contributed by atoms with Crippen LogP contribution in [0, 0.1) is 0 Å². The Hall–Kier alpha value is -1.26. The second-order valence-corrected chi connectivity index (χ2v) is 3.45. The Bertz CT molecular complexity index is 368. The smallest absolute Gasteiger partial charge is 0.312 e. The van der Waals surface area contributed by atoms with E-state index >= 15 is 0 Å². The lowest BCUT2D eigenvalue weighted by atomic mass is 9.98. The van der Waals surface area contributed by atoms with Crippen molar-refractivity contribution in [1.82, 2.24) is 0 Å². The van der Waals surface area contributed by atoms with Crippen molar-refractivity contribution in [3.8, 4) is 5.75 Å². The molecule has 4 nitrogen and oxygen atoms in total. The Balaban J connectivity index is 3.19. The highest BCUT2D eigenvalue weighted by Crippen LogP contribution is 2.29. The molecule has 1 atom stereocenters. The predicted molar refractivity (Wildman–Crippen MR) is 57.4 cm³/mol. The van der Waals surface area contributed by atoms with Gasteiger partial charge < -0.3 is 15.6 Å². The highest BCUT2D eigenvalue weighted by atomic mass is 35.5. The molecule has 15 heavy (non-hydrogen) atoms. The van der Waals surface area contributed by atoms with E-state index in [9.17, 15) is 4.79 Å². The SMILES string of the molecule is COc1ccc(Cl)cc1[C@@H](CN)C(=O)O. The molecule has 0 radical (unpaired) electrons. The van der Waals surface area contributed by atoms with E-state index < -0.39 is 11.9 Å². The minimum Gasteiger partial charge on any atom is -0.496 e. The highest BCUT2D eigenvalue weighted by Gasteiger charge is 2.21. The van der Waals surface area contributed by atoms with E-state index in [1.807, 2.05) is 0 Å². The van der Waals surface area contributed by atoms with Crippen LogP contribution in [-0.2, 0) is 4.79 Å². The van der Waals surface area contributed by atoms with Gasteiger partial charge >= 0.3 is 5.97 Å². The molecule has 1 aromatic carbocycles. The molecule has 5 heteroatoms. The first kappa shape index (κ1) is 11.8. The van der Waals surface area contributed by atoms with Gasteiger partial charge in [-0.2, -0.15) is 0 Å². The maximum absolute atomic E-state index is 10.9. The van der Waals surface area contributed by atoms with Gasteiger partial charge in [-0.25, -0.2) is 0 Å². The molecule has 0 saturated heterocycles. The summed E-state index contributed by atoms with van der Waals surface area (Å²) in [6, 6.07) is 4.83. The number of hydrogen-bond donors (Lipinski definition) is 2. The molecule has 0 aliphatic rings. The van der Waals surface area contributed by atoms with Gasteiger partial charge in [-0.3, -0.25) is 4.79 Å². The number of methoxy groups -OCH3 is 1. The standard InChI is InChI=1S/C10H12ClNO3/c1-15-9-3-2-6(11)4-7(9)8(5-12)10(13)14/h2-4,8H,5,12H2,1H3,(H,13,14)/t8-/m1/s1. The summed E-state index contributed by atoms with van der Waals surface area (Å²) in [7, 11) is 1.47. The van der Waals surface area contributed by atoms with Gasteiger partial charge in [-0.15, -0.1) is 0 Å². The summed E-state index contributed by atoms with van der Waals surface area (Å²) < 4.78 is 5.06. The minimum absolute atomic E-state index is 0.00599. The van der Waals surface area contributed by atoms with E-state index in [1.165, 1.54) is 7.11 Å². The molecule has 0 fully saturated rings. The predicted octanol–water partition coefficient (Wildman–Crippen LogP) is 1.48. The number of ether oxygens (including phenoxy) is 1. The number of nitrogens with two attached hydrogens (primary N) is 1. The number of carboxylic acid groups (broad SMARTS) is 1. The number of hydrogen-bond acceptors (Lipinski definition) is 3. The lowest BCUT2D eigenvalue weighted by Crippen LogP contribution is -2.21. The number of carboxylic acids is 1. The lowest BCUT2D eigenvalue weighted by molar-refractivity contribution is -0.138. The number of carbonyl (C=O) groups is 1. The van der Waals surface area contributed by atoms with Crippen molar-refractivity contribution in [2.24, 2.45) is 5.73 Å². The van der Waals surface area contributed by atoms with Gasteiger partial charge in [0, 0.05) is 17.1 Å². The van der Waals surface area contributed by atoms with Crippen molar-refractivity contribution in [1.29, 1.82) is 0 Å². The molecular weight excluding hydrogens is 218 g/mol. The van der Waals surface area contributed by atoms with E-state index in [2.05, 4.69) is 0 Å². The van der Waals surface area contributed by atoms with Gasteiger partial charge in [-0.1, -0.05) is 11.6 Å². The fraction of sp³-hybridized carbons (Fsp3) is 0.300. The third-order valence-electron chi connectivity index (χ3n) is 2.10. The average molecular weight is 230 g/mol. The molecular formula is C10H12ClNO3. The maximum Gasteiger partial charge on any atom is 0.312 e. The van der Waals surface area contributed by atoms with Gasteiger partial charge in [0.2, 0.25) is 0 Å². The Labute approximate surface area is 92.6 Å². The summed E-state index contributed by atoms with van der Waals surface area (Å²) in [5.41, 5.74) is 5.90. The minimum atomic E-state index is -0.988. The summed E-state index contributed by atoms with van der Waals surface area (Å²) in [6.45, 7) is 0.00599. The van der Waals surface area contributed by atoms with E-state index in [1.54, 1.807) is 18.2 Å². The number of rotatable bonds is 4. The van der Waals surface area contributed by atoms with Crippen LogP contribution in [-0.4, -0.2) is 24.7 Å². The Morgan fingerprint density at radius 1 is 1.67 bits per heavy atom. The Morgan fingerprint density at radius 2 is 2.33 bits per heavy atom. The first-order chi connectivity index (χ1) is 7.10. The molecule has 1 rings (SSSR count). The van der Waals surface area contributed by atoms with Crippen LogP contribution in [0.15, 0.2) is 18.2 Å². The molecule has 1 aromatic rings. The van der Waals surface area contributed by atoms with Crippen LogP contribution in [0.4, 0.5) is 0 Å². The third kappa shape index (κ3) is 2.61. The van der Waals surface area contributed by atoms with Crippen LogP contribution in [0.3, 0.4) is 0 Å². The van der Waals surface area contributed by atoms with Gasteiger partial charge in [-0.05, 0) is 18.2 Å². The number of benzene rings is 1. The monoisotopic (exact) mass is 229 g/mol. The first-order valence-corrected chi connectivity index (χ1v) is 4.74. The third-order valence-corrected chi connectivity index (χ3v) is 2.34. The Morgan fingerprint density at radius 3 is 2.80 bits per heavy atom. The van der Waals surface area contributed by atoms with Crippen LogP contribution in [0.1, 0.15) is 11.5 Å². The fourth-order valence-electron chi connectivity index (χ4n) is 1.34. The first-order valence-electron chi connectivity index (χ1n) is 4.36. The quantitative estimate of drug-likeness (QED) is 0.820. The second kappa shape index (κ2) is 5.00. The lowest BCUT2D eigenvalue weighted by Gasteiger charge is -2.14. The largest absolute Gasteiger partial charge is 0.496 e. The Kier molecular flexibility index (Phi) is 3.94. The van der Waals surface area contributed by atoms with Crippen LogP contribution >= 0.6 is 11.6 Å². The van der Waals surface area contributed by atoms with Crippen molar-refractivity contribution >= 4 is 17.6 Å². The zero-order chi connectivity index (χ0) is 11.4. The van der Waals surface area contributed by atoms with Crippen molar-refractivity contribution < 1.29 is 14.6 Å². The second-order valence-electron chi connectivity index (χ2n) is 3.01.